The van der Waals surface area contributed by atoms with Crippen LogP contribution in [0.15, 0.2) is 24.0 Å². The maximum Gasteiger partial charge on any atom is 0.508 e. The lowest BCUT2D eigenvalue weighted by molar-refractivity contribution is -0.137. The minimum atomic E-state index is -0.793. The van der Waals surface area contributed by atoms with Crippen molar-refractivity contribution in [3.8, 4) is 0 Å². The second-order valence-corrected chi connectivity index (χ2v) is 7.85. The van der Waals surface area contributed by atoms with Crippen LogP contribution in [0, 0.1) is 11.8 Å². The van der Waals surface area contributed by atoms with Gasteiger partial charge < -0.3 is 24.4 Å². The zero-order chi connectivity index (χ0) is 21.2. The molecule has 29 heavy (non-hydrogen) atoms. The van der Waals surface area contributed by atoms with Gasteiger partial charge in [0.05, 0.1) is 19.0 Å². The molecule has 7 heteroatoms. The van der Waals surface area contributed by atoms with Gasteiger partial charge in [-0.15, -0.1) is 0 Å². The van der Waals surface area contributed by atoms with Gasteiger partial charge in [-0.05, 0) is 25.3 Å². The minimum absolute atomic E-state index is 0.0511. The number of methoxy groups -OCH3 is 1. The first kappa shape index (κ1) is 23.3. The monoisotopic (exact) mass is 410 g/mol. The first-order valence-corrected chi connectivity index (χ1v) is 10.6. The zero-order valence-electron chi connectivity index (χ0n) is 17.4. The number of hydrogen-bond acceptors (Lipinski definition) is 6. The molecular formula is C22H34O7. The Balaban J connectivity index is 1.98. The molecule has 1 saturated carbocycles. The summed E-state index contributed by atoms with van der Waals surface area (Å²) in [5.74, 6) is 0.196. The molecule has 0 radical (unpaired) electrons. The summed E-state index contributed by atoms with van der Waals surface area (Å²) >= 11 is 0. The smallest absolute Gasteiger partial charge is 0.495 e. The van der Waals surface area contributed by atoms with Crippen molar-refractivity contribution in [1.29, 1.82) is 0 Å². The van der Waals surface area contributed by atoms with Crippen LogP contribution in [0.2, 0.25) is 0 Å². The molecular weight excluding hydrogens is 376 g/mol. The normalized spacial score (nSPS) is 28.3. The summed E-state index contributed by atoms with van der Waals surface area (Å²) in [5.41, 5.74) is 0. The van der Waals surface area contributed by atoms with Crippen LogP contribution in [0.25, 0.3) is 0 Å². The van der Waals surface area contributed by atoms with Crippen molar-refractivity contribution in [2.75, 3.05) is 7.11 Å². The molecule has 5 atom stereocenters. The van der Waals surface area contributed by atoms with E-state index in [1.54, 1.807) is 0 Å². The Morgan fingerprint density at radius 1 is 1.31 bits per heavy atom. The number of aliphatic carboxylic acids is 1. The second-order valence-electron chi connectivity index (χ2n) is 7.85. The van der Waals surface area contributed by atoms with Crippen LogP contribution in [0.5, 0.6) is 0 Å². The number of unbranched alkanes of at least 4 members (excludes halogenated alkanes) is 3. The van der Waals surface area contributed by atoms with Crippen molar-refractivity contribution >= 4 is 12.1 Å². The van der Waals surface area contributed by atoms with Crippen molar-refractivity contribution in [2.45, 2.75) is 83.0 Å². The van der Waals surface area contributed by atoms with E-state index in [1.807, 2.05) is 18.2 Å². The molecule has 0 aromatic carbocycles. The lowest BCUT2D eigenvalue weighted by Gasteiger charge is -2.20. The molecule has 1 saturated heterocycles. The van der Waals surface area contributed by atoms with Gasteiger partial charge in [-0.1, -0.05) is 38.3 Å². The standard InChI is InChI=1S/C22H34O7/c1-3-4-5-8-15(23)11-12-17-18-13-16(9-6-7-10-21(24)25)28-20(18)14-19(17)29-22(26)27-2/h9,11-12,15,17-20,23H,3-8,10,13-14H2,1-2H3,(H,24,25)/b12-11+,16-9-/t15-,17+,18+,19+,20-/m0/s1. The first-order valence-electron chi connectivity index (χ1n) is 10.6. The third-order valence-electron chi connectivity index (χ3n) is 5.65. The van der Waals surface area contributed by atoms with Crippen LogP contribution in [0.1, 0.15) is 64.7 Å². The van der Waals surface area contributed by atoms with E-state index in [0.717, 1.165) is 37.9 Å². The Kier molecular flexibility index (Phi) is 9.51. The molecule has 0 aromatic rings. The molecule has 0 unspecified atom stereocenters. The molecule has 1 heterocycles. The third-order valence-corrected chi connectivity index (χ3v) is 5.65. The van der Waals surface area contributed by atoms with E-state index in [1.165, 1.54) is 7.11 Å². The largest absolute Gasteiger partial charge is 0.508 e. The van der Waals surface area contributed by atoms with Crippen LogP contribution < -0.4 is 0 Å². The van der Waals surface area contributed by atoms with Crippen LogP contribution in [0.3, 0.4) is 0 Å². The Morgan fingerprint density at radius 2 is 2.10 bits per heavy atom. The lowest BCUT2D eigenvalue weighted by Crippen LogP contribution is -2.24. The highest BCUT2D eigenvalue weighted by Crippen LogP contribution is 2.46. The Labute approximate surface area is 172 Å². The van der Waals surface area contributed by atoms with Gasteiger partial charge in [-0.25, -0.2) is 4.79 Å². The van der Waals surface area contributed by atoms with Crippen molar-refractivity contribution in [2.24, 2.45) is 11.8 Å². The van der Waals surface area contributed by atoms with Crippen molar-refractivity contribution in [3.05, 3.63) is 24.0 Å². The van der Waals surface area contributed by atoms with E-state index in [9.17, 15) is 14.7 Å². The van der Waals surface area contributed by atoms with Gasteiger partial charge in [0, 0.05) is 31.1 Å². The number of hydrogen-bond donors (Lipinski definition) is 2. The second kappa shape index (κ2) is 11.9. The molecule has 2 fully saturated rings. The van der Waals surface area contributed by atoms with Gasteiger partial charge >= 0.3 is 12.1 Å². The van der Waals surface area contributed by atoms with Crippen molar-refractivity contribution < 1.29 is 34.0 Å². The third kappa shape index (κ3) is 7.38. The maximum atomic E-state index is 11.6. The first-order chi connectivity index (χ1) is 13.9. The number of carboxylic acid groups (broad SMARTS) is 1. The Morgan fingerprint density at radius 3 is 2.79 bits per heavy atom. The fraction of sp³-hybridized carbons (Fsp3) is 0.727. The van der Waals surface area contributed by atoms with E-state index in [2.05, 4.69) is 11.7 Å². The predicted octanol–water partition coefficient (Wildman–Crippen LogP) is 4.20. The van der Waals surface area contributed by atoms with Crippen LogP contribution in [0.4, 0.5) is 4.79 Å². The predicted molar refractivity (Wildman–Crippen MR) is 107 cm³/mol. The number of aliphatic hydroxyl groups is 1. The summed E-state index contributed by atoms with van der Waals surface area (Å²) in [7, 11) is 1.29. The average Bonchev–Trinajstić information content (AvgIpc) is 3.20. The highest BCUT2D eigenvalue weighted by molar-refractivity contribution is 5.66. The van der Waals surface area contributed by atoms with E-state index >= 15 is 0 Å². The molecule has 0 amide bonds. The number of carbonyl (C=O) groups excluding carboxylic acids is 1. The molecule has 2 aliphatic rings. The molecule has 0 bridgehead atoms. The van der Waals surface area contributed by atoms with Crippen LogP contribution >= 0.6 is 0 Å². The molecule has 7 nitrogen and oxygen atoms in total. The molecule has 0 spiro atoms. The quantitative estimate of drug-likeness (QED) is 0.299. The number of rotatable bonds is 11. The highest BCUT2D eigenvalue weighted by Gasteiger charge is 2.49. The fourth-order valence-electron chi connectivity index (χ4n) is 4.13. The number of carbonyl (C=O) groups is 2. The Hall–Kier alpha value is -2.02. The van der Waals surface area contributed by atoms with Crippen molar-refractivity contribution in [3.63, 3.8) is 0 Å². The van der Waals surface area contributed by atoms with E-state index in [0.29, 0.717) is 19.3 Å². The SMILES string of the molecule is CCCCC[C@H](O)/C=C/[C@@H]1[C@H]2C/C(=C/CCCC(=O)O)O[C@H]2C[C@H]1OC(=O)OC. The van der Waals surface area contributed by atoms with Gasteiger partial charge in [-0.2, -0.15) is 0 Å². The summed E-state index contributed by atoms with van der Waals surface area (Å²) in [5, 5.41) is 19.0. The molecule has 2 N–H and O–H groups in total. The van der Waals surface area contributed by atoms with Gasteiger partial charge in [-0.3, -0.25) is 4.79 Å². The maximum absolute atomic E-state index is 11.6. The van der Waals surface area contributed by atoms with Gasteiger partial charge in [0.15, 0.2) is 0 Å². The van der Waals surface area contributed by atoms with E-state index in [4.69, 9.17) is 14.6 Å². The number of ether oxygens (including phenoxy) is 3. The summed E-state index contributed by atoms with van der Waals surface area (Å²) < 4.78 is 16.1. The minimum Gasteiger partial charge on any atom is -0.495 e. The number of fused-ring (bicyclic) bond motifs is 1. The average molecular weight is 411 g/mol. The highest BCUT2D eigenvalue weighted by atomic mass is 16.7. The number of allylic oxidation sites excluding steroid dienone is 2. The van der Waals surface area contributed by atoms with Crippen LogP contribution in [-0.4, -0.2) is 47.8 Å². The lowest BCUT2D eigenvalue weighted by atomic mass is 9.90. The van der Waals surface area contributed by atoms with Crippen LogP contribution in [-0.2, 0) is 19.0 Å². The van der Waals surface area contributed by atoms with Gasteiger partial charge in [0.25, 0.3) is 0 Å². The van der Waals surface area contributed by atoms with E-state index < -0.39 is 18.2 Å². The molecule has 2 rings (SSSR count). The number of carboxylic acids is 1. The van der Waals surface area contributed by atoms with Crippen molar-refractivity contribution in [1.82, 2.24) is 0 Å². The summed E-state index contributed by atoms with van der Waals surface area (Å²) in [4.78, 5) is 22.2. The summed E-state index contributed by atoms with van der Waals surface area (Å²) in [6.45, 7) is 2.13. The molecule has 164 valence electrons. The van der Waals surface area contributed by atoms with Gasteiger partial charge in [0.1, 0.15) is 12.2 Å². The molecule has 1 aliphatic carbocycles. The fourth-order valence-corrected chi connectivity index (χ4v) is 4.13. The topological polar surface area (TPSA) is 102 Å². The zero-order valence-corrected chi connectivity index (χ0v) is 17.4. The summed E-state index contributed by atoms with van der Waals surface area (Å²) in [6, 6.07) is 0. The van der Waals surface area contributed by atoms with Gasteiger partial charge in [0.2, 0.25) is 0 Å². The van der Waals surface area contributed by atoms with E-state index in [-0.39, 0.29) is 30.5 Å². The summed E-state index contributed by atoms with van der Waals surface area (Å²) in [6.07, 6.45) is 10.7. The molecule has 1 aliphatic heterocycles. The molecule has 0 aromatic heterocycles. The number of aliphatic hydroxyl groups excluding tert-OH is 1. The Bertz CT molecular complexity index is 598.